The number of furan rings is 1. The van der Waals surface area contributed by atoms with Gasteiger partial charge >= 0.3 is 0 Å². The minimum absolute atomic E-state index is 0.0364. The van der Waals surface area contributed by atoms with Crippen LogP contribution in [0.2, 0.25) is 0 Å². The Morgan fingerprint density at radius 3 is 2.46 bits per heavy atom. The third-order valence-electron chi connectivity index (χ3n) is 6.86. The van der Waals surface area contributed by atoms with Crippen LogP contribution in [0.15, 0.2) is 82.5 Å². The smallest absolute Gasteiger partial charge is 0.290 e. The van der Waals surface area contributed by atoms with E-state index in [-0.39, 0.29) is 11.3 Å². The largest absolute Gasteiger partial charge is 0.503 e. The van der Waals surface area contributed by atoms with Crippen molar-refractivity contribution < 1.29 is 33.5 Å². The van der Waals surface area contributed by atoms with E-state index in [1.807, 2.05) is 54.6 Å². The van der Waals surface area contributed by atoms with Gasteiger partial charge in [-0.15, -0.1) is 0 Å². The van der Waals surface area contributed by atoms with Crippen molar-refractivity contribution in [3.05, 3.63) is 101 Å². The van der Waals surface area contributed by atoms with Crippen molar-refractivity contribution in [2.75, 3.05) is 39.4 Å². The lowest BCUT2D eigenvalue weighted by Crippen LogP contribution is -3.14. The van der Waals surface area contributed by atoms with E-state index in [2.05, 4.69) is 0 Å². The number of aryl methyl sites for hydroxylation is 1. The average Bonchev–Trinajstić information content (AvgIpc) is 3.48. The number of amides is 1. The van der Waals surface area contributed by atoms with Crippen molar-refractivity contribution in [1.29, 1.82) is 0 Å². The lowest BCUT2D eigenvalue weighted by Gasteiger charge is -2.30. The van der Waals surface area contributed by atoms with Crippen LogP contribution < -0.4 is 9.64 Å². The number of morpholine rings is 1. The number of rotatable bonds is 9. The molecule has 192 valence electrons. The average molecular weight is 504 g/mol. The zero-order chi connectivity index (χ0) is 25.8. The van der Waals surface area contributed by atoms with Crippen LogP contribution >= 0.6 is 0 Å². The summed E-state index contributed by atoms with van der Waals surface area (Å²) in [5.74, 6) is -0.213. The molecule has 1 aromatic heterocycles. The topological polar surface area (TPSA) is 93.7 Å². The first-order valence-corrected chi connectivity index (χ1v) is 12.5. The van der Waals surface area contributed by atoms with Crippen molar-refractivity contribution in [1.82, 2.24) is 4.90 Å². The number of aliphatic hydroxyl groups excluding tert-OH is 1. The van der Waals surface area contributed by atoms with Crippen LogP contribution in [0.1, 0.15) is 33.5 Å². The van der Waals surface area contributed by atoms with E-state index in [0.717, 1.165) is 18.7 Å². The Morgan fingerprint density at radius 2 is 1.78 bits per heavy atom. The number of nitrogens with one attached hydrogen (secondary N) is 1. The van der Waals surface area contributed by atoms with Crippen molar-refractivity contribution in [2.24, 2.45) is 0 Å². The van der Waals surface area contributed by atoms with Crippen molar-refractivity contribution in [3.63, 3.8) is 0 Å². The fourth-order valence-corrected chi connectivity index (χ4v) is 4.83. The highest BCUT2D eigenvalue weighted by Crippen LogP contribution is 2.39. The Labute approximate surface area is 215 Å². The number of quaternary nitrogens is 1. The van der Waals surface area contributed by atoms with Crippen LogP contribution in [0.5, 0.6) is 5.75 Å². The molecule has 3 heterocycles. The Kier molecular flexibility index (Phi) is 7.39. The molecule has 1 atom stereocenters. The summed E-state index contributed by atoms with van der Waals surface area (Å²) < 4.78 is 16.9. The highest BCUT2D eigenvalue weighted by Gasteiger charge is 2.44. The summed E-state index contributed by atoms with van der Waals surface area (Å²) in [6.45, 7) is 6.34. The molecule has 2 aromatic carbocycles. The summed E-state index contributed by atoms with van der Waals surface area (Å²) >= 11 is 0. The lowest BCUT2D eigenvalue weighted by atomic mass is 9.95. The van der Waals surface area contributed by atoms with Gasteiger partial charge in [-0.3, -0.25) is 9.59 Å². The van der Waals surface area contributed by atoms with Gasteiger partial charge in [0.25, 0.3) is 5.91 Å². The summed E-state index contributed by atoms with van der Waals surface area (Å²) in [7, 11) is 0. The maximum atomic E-state index is 13.4. The number of hydrogen-bond donors (Lipinski definition) is 2. The molecular weight excluding hydrogens is 472 g/mol. The van der Waals surface area contributed by atoms with Gasteiger partial charge in [-0.1, -0.05) is 42.5 Å². The van der Waals surface area contributed by atoms with Gasteiger partial charge < -0.3 is 28.8 Å². The molecule has 8 nitrogen and oxygen atoms in total. The number of Topliss-reactive ketones (excluding diaryl/α,β-unsaturated/α-hetero) is 1. The summed E-state index contributed by atoms with van der Waals surface area (Å²) in [4.78, 5) is 29.6. The minimum atomic E-state index is -0.728. The molecule has 0 spiro atoms. The molecular formula is C29H31N2O6+. The molecule has 5 rings (SSSR count). The number of aliphatic hydroxyl groups is 1. The van der Waals surface area contributed by atoms with Gasteiger partial charge in [0, 0.05) is 0 Å². The van der Waals surface area contributed by atoms with E-state index in [0.29, 0.717) is 50.0 Å². The molecule has 2 N–H and O–H groups in total. The van der Waals surface area contributed by atoms with Crippen molar-refractivity contribution in [2.45, 2.75) is 19.6 Å². The van der Waals surface area contributed by atoms with Crippen LogP contribution in [-0.2, 0) is 16.1 Å². The second-order valence-electron chi connectivity index (χ2n) is 9.36. The predicted molar refractivity (Wildman–Crippen MR) is 135 cm³/mol. The first kappa shape index (κ1) is 24.8. The lowest BCUT2D eigenvalue weighted by molar-refractivity contribution is -0.907. The molecule has 1 fully saturated rings. The first-order chi connectivity index (χ1) is 18.0. The number of ketones is 1. The molecule has 0 bridgehead atoms. The quantitative estimate of drug-likeness (QED) is 0.436. The fraction of sp³-hybridized carbons (Fsp3) is 0.310. The Balaban J connectivity index is 1.40. The molecule has 2 aliphatic heterocycles. The SMILES string of the molecule is Cc1ccc(C(=O)C2=C(O)C(=O)N(CC[NH+]3CCOCC3)[C@@H]2c2ccc(OCc3ccccc3)cc2)o1. The highest BCUT2D eigenvalue weighted by molar-refractivity contribution is 6.15. The zero-order valence-corrected chi connectivity index (χ0v) is 20.8. The molecule has 37 heavy (non-hydrogen) atoms. The van der Waals surface area contributed by atoms with Gasteiger partial charge in [-0.2, -0.15) is 0 Å². The number of ether oxygens (including phenoxy) is 2. The zero-order valence-electron chi connectivity index (χ0n) is 20.8. The maximum absolute atomic E-state index is 13.4. The fourth-order valence-electron chi connectivity index (χ4n) is 4.83. The van der Waals surface area contributed by atoms with Crippen LogP contribution in [-0.4, -0.2) is 61.1 Å². The summed E-state index contributed by atoms with van der Waals surface area (Å²) in [5, 5.41) is 10.9. The van der Waals surface area contributed by atoms with Crippen LogP contribution in [0.3, 0.4) is 0 Å². The molecule has 0 saturated carbocycles. The second kappa shape index (κ2) is 11.0. The van der Waals surface area contributed by atoms with E-state index in [1.165, 1.54) is 4.90 Å². The van der Waals surface area contributed by atoms with E-state index in [4.69, 9.17) is 13.9 Å². The van der Waals surface area contributed by atoms with E-state index >= 15 is 0 Å². The van der Waals surface area contributed by atoms with Gasteiger partial charge in [0.15, 0.2) is 11.5 Å². The third kappa shape index (κ3) is 5.45. The van der Waals surface area contributed by atoms with Crippen molar-refractivity contribution in [3.8, 4) is 5.75 Å². The Bertz CT molecular complexity index is 1280. The number of carbonyl (C=O) groups excluding carboxylic acids is 2. The molecule has 2 aliphatic rings. The van der Waals surface area contributed by atoms with Gasteiger partial charge in [0.05, 0.1) is 37.9 Å². The molecule has 0 radical (unpaired) electrons. The second-order valence-corrected chi connectivity index (χ2v) is 9.36. The monoisotopic (exact) mass is 503 g/mol. The van der Waals surface area contributed by atoms with Crippen molar-refractivity contribution >= 4 is 11.7 Å². The van der Waals surface area contributed by atoms with Gasteiger partial charge in [-0.25, -0.2) is 0 Å². The van der Waals surface area contributed by atoms with Gasteiger partial charge in [-0.05, 0) is 42.3 Å². The molecule has 3 aromatic rings. The third-order valence-corrected chi connectivity index (χ3v) is 6.86. The normalized spacial score (nSPS) is 18.5. The minimum Gasteiger partial charge on any atom is -0.503 e. The Morgan fingerprint density at radius 1 is 1.05 bits per heavy atom. The van der Waals surface area contributed by atoms with Crippen LogP contribution in [0, 0.1) is 6.92 Å². The van der Waals surface area contributed by atoms with Crippen LogP contribution in [0.4, 0.5) is 0 Å². The number of benzene rings is 2. The first-order valence-electron chi connectivity index (χ1n) is 12.5. The summed E-state index contributed by atoms with van der Waals surface area (Å²) in [5.41, 5.74) is 1.81. The predicted octanol–water partition coefficient (Wildman–Crippen LogP) is 2.66. The number of nitrogens with zero attached hydrogens (tertiary/aromatic N) is 1. The molecule has 8 heteroatoms. The summed E-state index contributed by atoms with van der Waals surface area (Å²) in [6.07, 6.45) is 0. The van der Waals surface area contributed by atoms with Gasteiger partial charge in [0.2, 0.25) is 5.78 Å². The number of hydrogen-bond acceptors (Lipinski definition) is 6. The van der Waals surface area contributed by atoms with E-state index < -0.39 is 23.5 Å². The summed E-state index contributed by atoms with van der Waals surface area (Å²) in [6, 6.07) is 19.7. The van der Waals surface area contributed by atoms with E-state index in [9.17, 15) is 14.7 Å². The van der Waals surface area contributed by atoms with Crippen LogP contribution in [0.25, 0.3) is 0 Å². The highest BCUT2D eigenvalue weighted by atomic mass is 16.5. The Hall–Kier alpha value is -3.88. The van der Waals surface area contributed by atoms with Gasteiger partial charge in [0.1, 0.15) is 31.2 Å². The number of carbonyl (C=O) groups is 2. The molecule has 1 amide bonds. The molecule has 0 aliphatic carbocycles. The van der Waals surface area contributed by atoms with E-state index in [1.54, 1.807) is 24.0 Å². The molecule has 1 saturated heterocycles. The molecule has 0 unspecified atom stereocenters. The standard InChI is InChI=1S/C29H30N2O6/c1-20-7-12-24(37-20)27(32)25-26(31(29(34)28(25)33)14-13-30-15-17-35-18-16-30)22-8-10-23(11-9-22)36-19-21-5-3-2-4-6-21/h2-12,26,33H,13-19H2,1H3/p+1/t26-/m1/s1. The maximum Gasteiger partial charge on any atom is 0.290 e.